The number of para-hydroxylation sites is 1. The van der Waals surface area contributed by atoms with Gasteiger partial charge in [0.2, 0.25) is 5.91 Å². The summed E-state index contributed by atoms with van der Waals surface area (Å²) >= 11 is 1.61. The zero-order chi connectivity index (χ0) is 14.8. The molecule has 0 saturated heterocycles. The molecule has 5 heteroatoms. The van der Waals surface area contributed by atoms with E-state index in [9.17, 15) is 4.79 Å². The van der Waals surface area contributed by atoms with Crippen molar-refractivity contribution < 1.29 is 9.53 Å². The lowest BCUT2D eigenvalue weighted by Gasteiger charge is -2.19. The molecule has 2 aromatic rings. The molecule has 0 bridgehead atoms. The number of fused-ring (bicyclic) bond motifs is 1. The second kappa shape index (κ2) is 5.85. The fourth-order valence-corrected chi connectivity index (χ4v) is 3.45. The molecule has 0 saturated carbocycles. The van der Waals surface area contributed by atoms with Crippen LogP contribution in [0, 0.1) is 13.8 Å². The molecule has 0 aliphatic carbocycles. The van der Waals surface area contributed by atoms with Crippen molar-refractivity contribution in [3.05, 3.63) is 45.4 Å². The third-order valence-corrected chi connectivity index (χ3v) is 4.69. The molecule has 4 nitrogen and oxygen atoms in total. The van der Waals surface area contributed by atoms with Gasteiger partial charge in [0.15, 0.2) is 0 Å². The molecular weight excluding hydrogens is 284 g/mol. The summed E-state index contributed by atoms with van der Waals surface area (Å²) in [7, 11) is 0. The maximum absolute atomic E-state index is 12.5. The van der Waals surface area contributed by atoms with Crippen molar-refractivity contribution in [1.82, 2.24) is 9.88 Å². The van der Waals surface area contributed by atoms with Gasteiger partial charge in [-0.15, -0.1) is 11.3 Å². The van der Waals surface area contributed by atoms with Crippen LogP contribution in [0.5, 0.6) is 5.75 Å². The van der Waals surface area contributed by atoms with E-state index in [0.717, 1.165) is 26.9 Å². The molecule has 1 aromatic carbocycles. The fraction of sp³-hybridized carbons (Fsp3) is 0.375. The summed E-state index contributed by atoms with van der Waals surface area (Å²) in [5, 5.41) is 1.01. The van der Waals surface area contributed by atoms with Gasteiger partial charge in [0.1, 0.15) is 12.4 Å². The monoisotopic (exact) mass is 302 g/mol. The first kappa shape index (κ1) is 14.1. The van der Waals surface area contributed by atoms with Gasteiger partial charge in [0.05, 0.1) is 23.7 Å². The fourth-order valence-electron chi connectivity index (χ4n) is 2.53. The van der Waals surface area contributed by atoms with E-state index in [2.05, 4.69) is 4.98 Å². The van der Waals surface area contributed by atoms with Crippen LogP contribution in [0.2, 0.25) is 0 Å². The smallest absolute Gasteiger partial charge is 0.228 e. The van der Waals surface area contributed by atoms with Crippen LogP contribution in [0.25, 0.3) is 0 Å². The molecule has 0 fully saturated rings. The highest BCUT2D eigenvalue weighted by atomic mass is 32.1. The third-order valence-electron chi connectivity index (χ3n) is 3.62. The summed E-state index contributed by atoms with van der Waals surface area (Å²) in [5.41, 5.74) is 2.04. The van der Waals surface area contributed by atoms with Crippen LogP contribution in [0.1, 0.15) is 21.1 Å². The van der Waals surface area contributed by atoms with E-state index in [4.69, 9.17) is 4.74 Å². The number of amides is 1. The average Bonchev–Trinajstić information content (AvgIpc) is 2.67. The van der Waals surface area contributed by atoms with Crippen molar-refractivity contribution in [1.29, 1.82) is 0 Å². The molecule has 21 heavy (non-hydrogen) atoms. The average molecular weight is 302 g/mol. The molecule has 1 aliphatic heterocycles. The number of thiazole rings is 1. The summed E-state index contributed by atoms with van der Waals surface area (Å²) in [6.45, 7) is 5.73. The van der Waals surface area contributed by atoms with Crippen LogP contribution in [-0.4, -0.2) is 28.9 Å². The van der Waals surface area contributed by atoms with E-state index in [1.165, 1.54) is 0 Å². The maximum Gasteiger partial charge on any atom is 0.228 e. The summed E-state index contributed by atoms with van der Waals surface area (Å²) in [4.78, 5) is 19.9. The Hall–Kier alpha value is -1.88. The Morgan fingerprint density at radius 3 is 2.95 bits per heavy atom. The van der Waals surface area contributed by atoms with Crippen LogP contribution in [0.3, 0.4) is 0 Å². The van der Waals surface area contributed by atoms with Gasteiger partial charge in [-0.05, 0) is 19.9 Å². The highest BCUT2D eigenvalue weighted by Crippen LogP contribution is 2.24. The van der Waals surface area contributed by atoms with E-state index in [-0.39, 0.29) is 5.91 Å². The summed E-state index contributed by atoms with van der Waals surface area (Å²) < 4.78 is 5.70. The van der Waals surface area contributed by atoms with Crippen LogP contribution in [0.4, 0.5) is 0 Å². The molecule has 0 spiro atoms. The number of benzene rings is 1. The van der Waals surface area contributed by atoms with Gasteiger partial charge in [0, 0.05) is 17.0 Å². The van der Waals surface area contributed by atoms with Gasteiger partial charge < -0.3 is 9.64 Å². The lowest BCUT2D eigenvalue weighted by atomic mass is 10.2. The highest BCUT2D eigenvalue weighted by Gasteiger charge is 2.21. The Morgan fingerprint density at radius 1 is 1.38 bits per heavy atom. The summed E-state index contributed by atoms with van der Waals surface area (Å²) in [6, 6.07) is 7.91. The first-order valence-electron chi connectivity index (χ1n) is 7.05. The predicted molar refractivity (Wildman–Crippen MR) is 82.6 cm³/mol. The molecule has 1 amide bonds. The number of aryl methyl sites for hydroxylation is 2. The summed E-state index contributed by atoms with van der Waals surface area (Å²) in [6.07, 6.45) is 0.430. The van der Waals surface area contributed by atoms with Crippen LogP contribution in [0.15, 0.2) is 24.3 Å². The van der Waals surface area contributed by atoms with Gasteiger partial charge in [-0.25, -0.2) is 4.98 Å². The van der Waals surface area contributed by atoms with E-state index in [1.807, 2.05) is 43.0 Å². The van der Waals surface area contributed by atoms with Crippen molar-refractivity contribution >= 4 is 17.2 Å². The Morgan fingerprint density at radius 2 is 2.19 bits per heavy atom. The van der Waals surface area contributed by atoms with Gasteiger partial charge in [0.25, 0.3) is 0 Å². The Balaban J connectivity index is 1.75. The SMILES string of the molecule is Cc1nc(C)c(CC(=O)N2CCOc3ccccc3C2)s1. The molecule has 2 heterocycles. The van der Waals surface area contributed by atoms with Crippen molar-refractivity contribution in [2.75, 3.05) is 13.2 Å². The quantitative estimate of drug-likeness (QED) is 0.856. The Bertz CT molecular complexity index is 666. The van der Waals surface area contributed by atoms with E-state index >= 15 is 0 Å². The molecule has 0 radical (unpaired) electrons. The minimum Gasteiger partial charge on any atom is -0.491 e. The number of carbonyl (C=O) groups excluding carboxylic acids is 1. The van der Waals surface area contributed by atoms with E-state index < -0.39 is 0 Å². The zero-order valence-corrected chi connectivity index (χ0v) is 13.1. The van der Waals surface area contributed by atoms with E-state index in [0.29, 0.717) is 26.1 Å². The molecule has 110 valence electrons. The molecule has 1 aromatic heterocycles. The number of aromatic nitrogens is 1. The second-order valence-corrected chi connectivity index (χ2v) is 6.48. The van der Waals surface area contributed by atoms with Crippen molar-refractivity contribution in [2.24, 2.45) is 0 Å². The minimum absolute atomic E-state index is 0.141. The molecule has 3 rings (SSSR count). The molecule has 1 aliphatic rings. The lowest BCUT2D eigenvalue weighted by Crippen LogP contribution is -2.33. The zero-order valence-electron chi connectivity index (χ0n) is 12.3. The first-order chi connectivity index (χ1) is 10.1. The van der Waals surface area contributed by atoms with Crippen molar-refractivity contribution in [3.8, 4) is 5.75 Å². The van der Waals surface area contributed by atoms with Gasteiger partial charge in [-0.2, -0.15) is 0 Å². The Labute approximate surface area is 128 Å². The standard InChI is InChI=1S/C16H18N2O2S/c1-11-15(21-12(2)17-11)9-16(19)18-7-8-20-14-6-4-3-5-13(14)10-18/h3-6H,7-10H2,1-2H3. The van der Waals surface area contributed by atoms with E-state index in [1.54, 1.807) is 11.3 Å². The number of carbonyl (C=O) groups is 1. The van der Waals surface area contributed by atoms with Gasteiger partial charge >= 0.3 is 0 Å². The van der Waals surface area contributed by atoms with Crippen LogP contribution < -0.4 is 4.74 Å². The largest absolute Gasteiger partial charge is 0.491 e. The number of nitrogens with zero attached hydrogens (tertiary/aromatic N) is 2. The van der Waals surface area contributed by atoms with Crippen molar-refractivity contribution in [3.63, 3.8) is 0 Å². The lowest BCUT2D eigenvalue weighted by molar-refractivity contribution is -0.131. The van der Waals surface area contributed by atoms with Crippen LogP contribution >= 0.6 is 11.3 Å². The predicted octanol–water partition coefficient (Wildman–Crippen LogP) is 2.72. The topological polar surface area (TPSA) is 42.4 Å². The second-order valence-electron chi connectivity index (χ2n) is 5.19. The van der Waals surface area contributed by atoms with Gasteiger partial charge in [-0.3, -0.25) is 4.79 Å². The van der Waals surface area contributed by atoms with Crippen LogP contribution in [-0.2, 0) is 17.8 Å². The van der Waals surface area contributed by atoms with Gasteiger partial charge in [-0.1, -0.05) is 18.2 Å². The first-order valence-corrected chi connectivity index (χ1v) is 7.86. The molecule has 0 atom stereocenters. The molecule has 0 unspecified atom stereocenters. The Kier molecular flexibility index (Phi) is 3.92. The van der Waals surface area contributed by atoms with Crippen molar-refractivity contribution in [2.45, 2.75) is 26.8 Å². The minimum atomic E-state index is 0.141. The molecular formula is C16H18N2O2S. The summed E-state index contributed by atoms with van der Waals surface area (Å²) in [5.74, 6) is 1.03. The number of rotatable bonds is 2. The highest BCUT2D eigenvalue weighted by molar-refractivity contribution is 7.11. The third kappa shape index (κ3) is 3.08. The number of hydrogen-bond acceptors (Lipinski definition) is 4. The molecule has 0 N–H and O–H groups in total. The number of hydrogen-bond donors (Lipinski definition) is 0. The maximum atomic E-state index is 12.5. The normalized spacial score (nSPS) is 14.3. The number of ether oxygens (including phenoxy) is 1.